The molecular weight excluding hydrogens is 468 g/mol. The molecule has 1 fully saturated rings. The van der Waals surface area contributed by atoms with E-state index in [0.717, 1.165) is 73.2 Å². The van der Waals surface area contributed by atoms with Gasteiger partial charge in [0, 0.05) is 50.4 Å². The number of nitrogens with zero attached hydrogens (tertiary/aromatic N) is 4. The molecule has 3 heterocycles. The van der Waals surface area contributed by atoms with Gasteiger partial charge in [-0.2, -0.15) is 0 Å². The van der Waals surface area contributed by atoms with Crippen LogP contribution in [-0.2, 0) is 4.74 Å². The van der Waals surface area contributed by atoms with Gasteiger partial charge >= 0.3 is 0 Å². The number of carbonyl (C=O) groups is 1. The smallest absolute Gasteiger partial charge is 0.251 e. The summed E-state index contributed by atoms with van der Waals surface area (Å²) in [4.78, 5) is 19.3. The number of rotatable bonds is 8. The largest absolute Gasteiger partial charge is 0.437 e. The van der Waals surface area contributed by atoms with E-state index in [0.29, 0.717) is 17.1 Å². The monoisotopic (exact) mass is 500 g/mol. The van der Waals surface area contributed by atoms with E-state index >= 15 is 0 Å². The minimum atomic E-state index is -0.110. The van der Waals surface area contributed by atoms with Crippen molar-refractivity contribution in [1.29, 1.82) is 0 Å². The second kappa shape index (κ2) is 11.0. The molecule has 0 saturated carbocycles. The maximum absolute atomic E-state index is 12.2. The first-order valence-electron chi connectivity index (χ1n) is 12.5. The molecule has 0 bridgehead atoms. The lowest BCUT2D eigenvalue weighted by atomic mass is 10.0. The highest BCUT2D eigenvalue weighted by Crippen LogP contribution is 2.30. The van der Waals surface area contributed by atoms with Crippen LogP contribution < -0.4 is 15.4 Å². The summed E-state index contributed by atoms with van der Waals surface area (Å²) >= 11 is 0. The molecule has 2 N–H and O–H groups in total. The van der Waals surface area contributed by atoms with E-state index in [1.807, 2.05) is 62.4 Å². The van der Waals surface area contributed by atoms with Crippen molar-refractivity contribution in [2.24, 2.45) is 0 Å². The van der Waals surface area contributed by atoms with Gasteiger partial charge in [0.05, 0.1) is 30.8 Å². The molecular formula is C28H32N6O3. The predicted molar refractivity (Wildman–Crippen MR) is 144 cm³/mol. The Morgan fingerprint density at radius 2 is 1.89 bits per heavy atom. The van der Waals surface area contributed by atoms with Crippen LogP contribution in [0.4, 0.5) is 5.69 Å². The fraction of sp³-hybridized carbons (Fsp3) is 0.321. The summed E-state index contributed by atoms with van der Waals surface area (Å²) in [5.74, 6) is 1.11. The molecule has 5 rings (SSSR count). The van der Waals surface area contributed by atoms with Gasteiger partial charge in [-0.3, -0.25) is 9.69 Å². The first-order valence-corrected chi connectivity index (χ1v) is 12.5. The number of benzene rings is 2. The number of aryl methyl sites for hydroxylation is 2. The quantitative estimate of drug-likeness (QED) is 0.379. The fourth-order valence-electron chi connectivity index (χ4n) is 4.49. The number of hydrogen-bond donors (Lipinski definition) is 2. The number of hydrogen-bond acceptors (Lipinski definition) is 7. The second-order valence-corrected chi connectivity index (χ2v) is 9.13. The lowest BCUT2D eigenvalue weighted by Gasteiger charge is -2.26. The Bertz CT molecular complexity index is 1410. The number of amides is 1. The summed E-state index contributed by atoms with van der Waals surface area (Å²) in [6, 6.07) is 15.5. The number of fused-ring (bicyclic) bond motifs is 1. The van der Waals surface area contributed by atoms with Gasteiger partial charge in [-0.25, -0.2) is 9.50 Å². The number of para-hydroxylation sites is 1. The molecule has 2 aromatic carbocycles. The minimum Gasteiger partial charge on any atom is -0.437 e. The Kier molecular flexibility index (Phi) is 7.34. The average molecular weight is 501 g/mol. The SMILES string of the molecule is CNC(=O)c1ccc(-c2cnc3c(NCCN4CCOCC4)cc(Oc4ccccc4C)nn23)cc1C. The fourth-order valence-corrected chi connectivity index (χ4v) is 4.49. The summed E-state index contributed by atoms with van der Waals surface area (Å²) in [6.07, 6.45) is 1.81. The summed E-state index contributed by atoms with van der Waals surface area (Å²) in [7, 11) is 1.63. The highest BCUT2D eigenvalue weighted by atomic mass is 16.5. The first kappa shape index (κ1) is 24.7. The van der Waals surface area contributed by atoms with E-state index < -0.39 is 0 Å². The molecule has 37 heavy (non-hydrogen) atoms. The summed E-state index contributed by atoms with van der Waals surface area (Å²) in [5.41, 5.74) is 5.83. The number of ether oxygens (including phenoxy) is 2. The summed E-state index contributed by atoms with van der Waals surface area (Å²) in [5, 5.41) is 11.0. The second-order valence-electron chi connectivity index (χ2n) is 9.13. The van der Waals surface area contributed by atoms with Gasteiger partial charge in [-0.1, -0.05) is 24.3 Å². The third-order valence-corrected chi connectivity index (χ3v) is 6.59. The van der Waals surface area contributed by atoms with Crippen molar-refractivity contribution in [3.8, 4) is 22.9 Å². The van der Waals surface area contributed by atoms with Crippen LogP contribution in [0, 0.1) is 13.8 Å². The van der Waals surface area contributed by atoms with Crippen molar-refractivity contribution in [2.45, 2.75) is 13.8 Å². The van der Waals surface area contributed by atoms with Crippen molar-refractivity contribution in [3.63, 3.8) is 0 Å². The van der Waals surface area contributed by atoms with Crippen molar-refractivity contribution in [3.05, 3.63) is 71.4 Å². The Labute approximate surface area is 216 Å². The number of nitrogens with one attached hydrogen (secondary N) is 2. The zero-order valence-electron chi connectivity index (χ0n) is 21.5. The molecule has 1 aliphatic rings. The van der Waals surface area contributed by atoms with Gasteiger partial charge in [0.25, 0.3) is 5.91 Å². The Hall–Kier alpha value is -3.95. The molecule has 2 aromatic heterocycles. The van der Waals surface area contributed by atoms with Gasteiger partial charge in [0.2, 0.25) is 5.88 Å². The predicted octanol–water partition coefficient (Wildman–Crippen LogP) is 3.91. The summed E-state index contributed by atoms with van der Waals surface area (Å²) < 4.78 is 13.5. The standard InChI is InChI=1S/C28H32N6O3/c1-19-6-4-5-7-25(19)37-26-17-23(30-10-11-33-12-14-36-15-13-33)27-31-18-24(34(27)32-26)21-8-9-22(20(2)16-21)28(35)29-3/h4-9,16-18,30H,10-15H2,1-3H3,(H,29,35). The molecule has 0 aliphatic carbocycles. The molecule has 9 heteroatoms. The normalized spacial score (nSPS) is 14.0. The van der Waals surface area contributed by atoms with Crippen molar-refractivity contribution in [1.82, 2.24) is 24.8 Å². The van der Waals surface area contributed by atoms with Gasteiger partial charge < -0.3 is 20.1 Å². The third kappa shape index (κ3) is 5.42. The highest BCUT2D eigenvalue weighted by Gasteiger charge is 2.17. The zero-order chi connectivity index (χ0) is 25.8. The number of aromatic nitrogens is 3. The van der Waals surface area contributed by atoms with Crippen LogP contribution in [0.2, 0.25) is 0 Å². The average Bonchev–Trinajstić information content (AvgIpc) is 3.34. The lowest BCUT2D eigenvalue weighted by molar-refractivity contribution is 0.0398. The number of imidazole rings is 1. The van der Waals surface area contributed by atoms with E-state index in [1.54, 1.807) is 17.8 Å². The summed E-state index contributed by atoms with van der Waals surface area (Å²) in [6.45, 7) is 9.02. The number of morpholine rings is 1. The molecule has 0 radical (unpaired) electrons. The van der Waals surface area contributed by atoms with Gasteiger partial charge in [0.15, 0.2) is 5.65 Å². The van der Waals surface area contributed by atoms with Crippen molar-refractivity contribution in [2.75, 3.05) is 51.8 Å². The molecule has 4 aromatic rings. The molecule has 0 unspecified atom stereocenters. The van der Waals surface area contributed by atoms with Gasteiger partial charge in [-0.05, 0) is 43.2 Å². The topological polar surface area (TPSA) is 93.0 Å². The van der Waals surface area contributed by atoms with Crippen LogP contribution in [0.3, 0.4) is 0 Å². The number of carbonyl (C=O) groups excluding carboxylic acids is 1. The van der Waals surface area contributed by atoms with Crippen LogP contribution in [0.5, 0.6) is 11.6 Å². The van der Waals surface area contributed by atoms with Crippen LogP contribution in [0.25, 0.3) is 16.9 Å². The van der Waals surface area contributed by atoms with E-state index in [1.165, 1.54) is 0 Å². The minimum absolute atomic E-state index is 0.110. The van der Waals surface area contributed by atoms with E-state index in [2.05, 4.69) is 15.5 Å². The Morgan fingerprint density at radius 3 is 2.65 bits per heavy atom. The molecule has 0 spiro atoms. The van der Waals surface area contributed by atoms with Crippen molar-refractivity contribution >= 4 is 17.2 Å². The van der Waals surface area contributed by atoms with Crippen LogP contribution in [-0.4, -0.2) is 71.8 Å². The molecule has 9 nitrogen and oxygen atoms in total. The molecule has 1 amide bonds. The lowest BCUT2D eigenvalue weighted by Crippen LogP contribution is -2.39. The van der Waals surface area contributed by atoms with Crippen LogP contribution in [0.15, 0.2) is 54.7 Å². The first-order chi connectivity index (χ1) is 18.0. The van der Waals surface area contributed by atoms with Gasteiger partial charge in [0.1, 0.15) is 5.75 Å². The zero-order valence-corrected chi connectivity index (χ0v) is 21.5. The molecule has 192 valence electrons. The molecule has 1 saturated heterocycles. The maximum Gasteiger partial charge on any atom is 0.251 e. The third-order valence-electron chi connectivity index (χ3n) is 6.59. The molecule has 0 atom stereocenters. The van der Waals surface area contributed by atoms with E-state index in [4.69, 9.17) is 19.6 Å². The Balaban J connectivity index is 1.50. The van der Waals surface area contributed by atoms with Crippen molar-refractivity contribution < 1.29 is 14.3 Å². The van der Waals surface area contributed by atoms with Crippen LogP contribution in [0.1, 0.15) is 21.5 Å². The number of anilines is 1. The highest BCUT2D eigenvalue weighted by molar-refractivity contribution is 5.96. The van der Waals surface area contributed by atoms with E-state index in [-0.39, 0.29) is 5.91 Å². The van der Waals surface area contributed by atoms with Crippen LogP contribution >= 0.6 is 0 Å². The molecule has 1 aliphatic heterocycles. The Morgan fingerprint density at radius 1 is 1.08 bits per heavy atom. The maximum atomic E-state index is 12.2. The van der Waals surface area contributed by atoms with E-state index in [9.17, 15) is 4.79 Å². The van der Waals surface area contributed by atoms with Gasteiger partial charge in [-0.15, -0.1) is 5.10 Å².